The average Bonchev–Trinajstić information content (AvgIpc) is 3.02. The maximum Gasteiger partial charge on any atom is 0.258 e. The first-order valence-corrected chi connectivity index (χ1v) is 7.42. The standard InChI is InChI=1S/C16H17ClFNO4/c1-10(7-14(20)15-3-2-6-22-15)19-16(21)9-23-11-4-5-13(18)12(17)8-11/h2-6,8,10,14,20H,7,9H2,1H3,(H,19,21). The van der Waals surface area contributed by atoms with E-state index >= 15 is 0 Å². The van der Waals surface area contributed by atoms with Gasteiger partial charge in [-0.1, -0.05) is 11.6 Å². The molecule has 23 heavy (non-hydrogen) atoms. The quantitative estimate of drug-likeness (QED) is 0.811. The highest BCUT2D eigenvalue weighted by Gasteiger charge is 2.16. The zero-order valence-corrected chi connectivity index (χ0v) is 13.2. The number of amides is 1. The van der Waals surface area contributed by atoms with Crippen molar-refractivity contribution in [2.75, 3.05) is 6.61 Å². The van der Waals surface area contributed by atoms with Gasteiger partial charge in [0.2, 0.25) is 0 Å². The summed E-state index contributed by atoms with van der Waals surface area (Å²) in [6.07, 6.45) is 0.989. The predicted molar refractivity (Wildman–Crippen MR) is 82.8 cm³/mol. The van der Waals surface area contributed by atoms with E-state index in [0.717, 1.165) is 6.07 Å². The molecule has 0 saturated heterocycles. The molecule has 2 unspecified atom stereocenters. The number of ether oxygens (including phenoxy) is 1. The van der Waals surface area contributed by atoms with Gasteiger partial charge in [-0.05, 0) is 31.2 Å². The van der Waals surface area contributed by atoms with E-state index in [2.05, 4.69) is 5.32 Å². The van der Waals surface area contributed by atoms with Crippen LogP contribution in [0.3, 0.4) is 0 Å². The van der Waals surface area contributed by atoms with Gasteiger partial charge in [0.15, 0.2) is 6.61 Å². The number of benzene rings is 1. The molecule has 0 spiro atoms. The number of carbonyl (C=O) groups is 1. The lowest BCUT2D eigenvalue weighted by Crippen LogP contribution is -2.37. The number of carbonyl (C=O) groups excluding carboxylic acids is 1. The molecule has 1 heterocycles. The summed E-state index contributed by atoms with van der Waals surface area (Å²) in [6, 6.07) is 6.93. The van der Waals surface area contributed by atoms with Crippen molar-refractivity contribution in [3.63, 3.8) is 0 Å². The van der Waals surface area contributed by atoms with Crippen LogP contribution in [0.25, 0.3) is 0 Å². The first kappa shape index (κ1) is 17.3. The lowest BCUT2D eigenvalue weighted by molar-refractivity contribution is -0.123. The van der Waals surface area contributed by atoms with Crippen molar-refractivity contribution < 1.29 is 23.4 Å². The highest BCUT2D eigenvalue weighted by Crippen LogP contribution is 2.21. The van der Waals surface area contributed by atoms with E-state index in [0.29, 0.717) is 17.9 Å². The third-order valence-electron chi connectivity index (χ3n) is 3.12. The van der Waals surface area contributed by atoms with Crippen molar-refractivity contribution in [3.8, 4) is 5.75 Å². The number of furan rings is 1. The lowest BCUT2D eigenvalue weighted by atomic mass is 10.1. The van der Waals surface area contributed by atoms with E-state index in [9.17, 15) is 14.3 Å². The molecule has 124 valence electrons. The van der Waals surface area contributed by atoms with Gasteiger partial charge in [-0.15, -0.1) is 0 Å². The Morgan fingerprint density at radius 3 is 2.91 bits per heavy atom. The molecule has 5 nitrogen and oxygen atoms in total. The van der Waals surface area contributed by atoms with Crippen molar-refractivity contribution >= 4 is 17.5 Å². The van der Waals surface area contributed by atoms with Gasteiger partial charge in [-0.2, -0.15) is 0 Å². The second kappa shape index (κ2) is 7.99. The van der Waals surface area contributed by atoms with Crippen molar-refractivity contribution in [1.82, 2.24) is 5.32 Å². The minimum atomic E-state index is -0.794. The van der Waals surface area contributed by atoms with Crippen LogP contribution in [0.1, 0.15) is 25.2 Å². The summed E-state index contributed by atoms with van der Waals surface area (Å²) in [6.45, 7) is 1.53. The van der Waals surface area contributed by atoms with E-state index in [1.165, 1.54) is 18.4 Å². The summed E-state index contributed by atoms with van der Waals surface area (Å²) in [5.74, 6) is -0.160. The second-order valence-corrected chi connectivity index (χ2v) is 5.51. The van der Waals surface area contributed by atoms with Gasteiger partial charge >= 0.3 is 0 Å². The van der Waals surface area contributed by atoms with E-state index in [1.54, 1.807) is 19.1 Å². The van der Waals surface area contributed by atoms with Crippen LogP contribution in [0.5, 0.6) is 5.75 Å². The Morgan fingerprint density at radius 2 is 2.26 bits per heavy atom. The van der Waals surface area contributed by atoms with Gasteiger partial charge in [0, 0.05) is 18.5 Å². The third kappa shape index (κ3) is 5.26. The molecule has 0 aliphatic carbocycles. The largest absolute Gasteiger partial charge is 0.484 e. The first-order chi connectivity index (χ1) is 11.0. The minimum absolute atomic E-state index is 0.0714. The van der Waals surface area contributed by atoms with Gasteiger partial charge in [-0.25, -0.2) is 4.39 Å². The van der Waals surface area contributed by atoms with Crippen molar-refractivity contribution in [2.45, 2.75) is 25.5 Å². The second-order valence-electron chi connectivity index (χ2n) is 5.10. The summed E-state index contributed by atoms with van der Waals surface area (Å²) in [5, 5.41) is 12.6. The molecule has 0 bridgehead atoms. The third-order valence-corrected chi connectivity index (χ3v) is 3.41. The zero-order valence-electron chi connectivity index (χ0n) is 12.5. The molecule has 0 saturated carbocycles. The number of rotatable bonds is 7. The van der Waals surface area contributed by atoms with E-state index in [-0.39, 0.29) is 23.6 Å². The molecule has 2 aromatic rings. The summed E-state index contributed by atoms with van der Waals surface area (Å²) in [7, 11) is 0. The highest BCUT2D eigenvalue weighted by molar-refractivity contribution is 6.30. The summed E-state index contributed by atoms with van der Waals surface area (Å²) in [4.78, 5) is 11.8. The molecule has 0 fully saturated rings. The zero-order chi connectivity index (χ0) is 16.8. The topological polar surface area (TPSA) is 71.7 Å². The molecule has 0 radical (unpaired) electrons. The Balaban J connectivity index is 1.76. The van der Waals surface area contributed by atoms with Crippen LogP contribution in [0, 0.1) is 5.82 Å². The van der Waals surface area contributed by atoms with Crippen molar-refractivity contribution in [2.24, 2.45) is 0 Å². The molecule has 7 heteroatoms. The van der Waals surface area contributed by atoms with Crippen LogP contribution in [-0.4, -0.2) is 23.7 Å². The minimum Gasteiger partial charge on any atom is -0.484 e. The molecule has 1 amide bonds. The molecule has 0 aliphatic heterocycles. The highest BCUT2D eigenvalue weighted by atomic mass is 35.5. The molecule has 2 atom stereocenters. The maximum absolute atomic E-state index is 13.0. The number of hydrogen-bond donors (Lipinski definition) is 2. The number of hydrogen-bond acceptors (Lipinski definition) is 4. The fraction of sp³-hybridized carbons (Fsp3) is 0.312. The number of aliphatic hydroxyl groups excluding tert-OH is 1. The molecule has 1 aromatic heterocycles. The Bertz CT molecular complexity index is 648. The average molecular weight is 342 g/mol. The van der Waals surface area contributed by atoms with Crippen LogP contribution >= 0.6 is 11.6 Å². The molecular weight excluding hydrogens is 325 g/mol. The van der Waals surface area contributed by atoms with Gasteiger partial charge in [0.1, 0.15) is 23.4 Å². The SMILES string of the molecule is CC(CC(O)c1ccco1)NC(=O)COc1ccc(F)c(Cl)c1. The fourth-order valence-electron chi connectivity index (χ4n) is 2.02. The van der Waals surface area contributed by atoms with Gasteiger partial charge < -0.3 is 19.6 Å². The summed E-state index contributed by atoms with van der Waals surface area (Å²) >= 11 is 5.63. The number of nitrogens with one attached hydrogen (secondary N) is 1. The normalized spacial score (nSPS) is 13.4. The van der Waals surface area contributed by atoms with E-state index in [1.807, 2.05) is 0 Å². The molecule has 0 aliphatic rings. The van der Waals surface area contributed by atoms with Crippen molar-refractivity contribution in [3.05, 3.63) is 53.2 Å². The lowest BCUT2D eigenvalue weighted by Gasteiger charge is -2.17. The number of aliphatic hydroxyl groups is 1. The first-order valence-electron chi connectivity index (χ1n) is 7.04. The fourth-order valence-corrected chi connectivity index (χ4v) is 2.19. The van der Waals surface area contributed by atoms with E-state index < -0.39 is 11.9 Å². The molecule has 1 aromatic carbocycles. The summed E-state index contributed by atoms with van der Waals surface area (Å²) < 4.78 is 23.3. The predicted octanol–water partition coefficient (Wildman–Crippen LogP) is 3.08. The Morgan fingerprint density at radius 1 is 1.48 bits per heavy atom. The van der Waals surface area contributed by atoms with Gasteiger partial charge in [0.25, 0.3) is 5.91 Å². The smallest absolute Gasteiger partial charge is 0.258 e. The van der Waals surface area contributed by atoms with E-state index in [4.69, 9.17) is 20.8 Å². The van der Waals surface area contributed by atoms with Gasteiger partial charge in [0.05, 0.1) is 11.3 Å². The molecule has 2 N–H and O–H groups in total. The molecular formula is C16H17ClFNO4. The van der Waals surface area contributed by atoms with Crippen LogP contribution in [-0.2, 0) is 4.79 Å². The maximum atomic E-state index is 13.0. The monoisotopic (exact) mass is 341 g/mol. The van der Waals surface area contributed by atoms with Gasteiger partial charge in [-0.3, -0.25) is 4.79 Å². The Labute approximate surface area is 138 Å². The number of halogens is 2. The van der Waals surface area contributed by atoms with Crippen LogP contribution < -0.4 is 10.1 Å². The van der Waals surface area contributed by atoms with Crippen molar-refractivity contribution in [1.29, 1.82) is 0 Å². The Hall–Kier alpha value is -2.05. The molecule has 2 rings (SSSR count). The van der Waals surface area contributed by atoms with Crippen LogP contribution in [0.2, 0.25) is 5.02 Å². The van der Waals surface area contributed by atoms with Crippen LogP contribution in [0.4, 0.5) is 4.39 Å². The summed E-state index contributed by atoms with van der Waals surface area (Å²) in [5.41, 5.74) is 0. The van der Waals surface area contributed by atoms with Crippen LogP contribution in [0.15, 0.2) is 41.0 Å². The Kier molecular flexibility index (Phi) is 6.01.